The minimum Gasteiger partial charge on any atom is -0.469 e. The van der Waals surface area contributed by atoms with Crippen molar-refractivity contribution in [2.75, 3.05) is 7.11 Å². The third-order valence-electron chi connectivity index (χ3n) is 2.69. The van der Waals surface area contributed by atoms with Gasteiger partial charge >= 0.3 is 5.97 Å². The molecule has 1 rings (SSSR count). The number of aliphatic hydroxyl groups is 1. The predicted octanol–water partition coefficient (Wildman–Crippen LogP) is 3.03. The van der Waals surface area contributed by atoms with Crippen LogP contribution >= 0.6 is 11.6 Å². The van der Waals surface area contributed by atoms with Gasteiger partial charge < -0.3 is 9.84 Å². The summed E-state index contributed by atoms with van der Waals surface area (Å²) in [7, 11) is 1.36. The van der Waals surface area contributed by atoms with Crippen LogP contribution in [0.15, 0.2) is 18.2 Å². The normalized spacial score (nSPS) is 12.2. The fourth-order valence-corrected chi connectivity index (χ4v) is 1.85. The second-order valence-corrected chi connectivity index (χ2v) is 4.42. The van der Waals surface area contributed by atoms with Crippen LogP contribution in [0.3, 0.4) is 0 Å². The maximum atomic E-state index is 10.9. The molecule has 0 aliphatic heterocycles. The van der Waals surface area contributed by atoms with Crippen LogP contribution in [0.5, 0.6) is 0 Å². The van der Waals surface area contributed by atoms with Crippen molar-refractivity contribution in [2.24, 2.45) is 0 Å². The molecule has 0 fully saturated rings. The molecule has 3 nitrogen and oxygen atoms in total. The highest BCUT2D eigenvalue weighted by molar-refractivity contribution is 6.30. The first-order valence-corrected chi connectivity index (χ1v) is 5.93. The number of ether oxygens (including phenoxy) is 1. The minimum atomic E-state index is -0.585. The highest BCUT2D eigenvalue weighted by atomic mass is 35.5. The van der Waals surface area contributed by atoms with Gasteiger partial charge in [-0.2, -0.15) is 0 Å². The second kappa shape index (κ2) is 6.62. The molecular formula is C13H17ClO3. The first-order chi connectivity index (χ1) is 8.04. The van der Waals surface area contributed by atoms with Gasteiger partial charge in [0.2, 0.25) is 0 Å². The van der Waals surface area contributed by atoms with Gasteiger partial charge in [-0.1, -0.05) is 17.7 Å². The van der Waals surface area contributed by atoms with Crippen molar-refractivity contribution in [3.8, 4) is 0 Å². The highest BCUT2D eigenvalue weighted by Crippen LogP contribution is 2.25. The first-order valence-electron chi connectivity index (χ1n) is 5.55. The van der Waals surface area contributed by atoms with Gasteiger partial charge in [0.05, 0.1) is 13.2 Å². The first kappa shape index (κ1) is 14.0. The fraction of sp³-hybridized carbons (Fsp3) is 0.462. The Hall–Kier alpha value is -1.06. The van der Waals surface area contributed by atoms with Crippen molar-refractivity contribution in [2.45, 2.75) is 32.3 Å². The molecule has 0 amide bonds. The van der Waals surface area contributed by atoms with Crippen molar-refractivity contribution >= 4 is 17.6 Å². The Labute approximate surface area is 106 Å². The second-order valence-electron chi connectivity index (χ2n) is 3.99. The van der Waals surface area contributed by atoms with E-state index >= 15 is 0 Å². The fourth-order valence-electron chi connectivity index (χ4n) is 1.67. The molecule has 0 aromatic heterocycles. The van der Waals surface area contributed by atoms with Gasteiger partial charge in [0.1, 0.15) is 0 Å². The molecule has 0 saturated carbocycles. The predicted molar refractivity (Wildman–Crippen MR) is 67.0 cm³/mol. The number of rotatable bonds is 5. The molecule has 94 valence electrons. The summed E-state index contributed by atoms with van der Waals surface area (Å²) in [6, 6.07) is 5.43. The van der Waals surface area contributed by atoms with Gasteiger partial charge in [-0.15, -0.1) is 0 Å². The summed E-state index contributed by atoms with van der Waals surface area (Å²) in [5, 5.41) is 10.6. The van der Waals surface area contributed by atoms with Crippen molar-refractivity contribution in [1.29, 1.82) is 0 Å². The number of carbonyl (C=O) groups excluding carboxylic acids is 1. The number of aryl methyl sites for hydroxylation is 1. The van der Waals surface area contributed by atoms with Crippen LogP contribution in [-0.4, -0.2) is 18.2 Å². The summed E-state index contributed by atoms with van der Waals surface area (Å²) in [5.74, 6) is -0.250. The number of aliphatic hydroxyl groups excluding tert-OH is 1. The Morgan fingerprint density at radius 3 is 2.88 bits per heavy atom. The van der Waals surface area contributed by atoms with E-state index in [1.165, 1.54) is 7.11 Å². The Morgan fingerprint density at radius 2 is 2.24 bits per heavy atom. The molecular weight excluding hydrogens is 240 g/mol. The maximum absolute atomic E-state index is 10.9. The molecule has 1 N–H and O–H groups in total. The van der Waals surface area contributed by atoms with Gasteiger partial charge in [0.15, 0.2) is 0 Å². The van der Waals surface area contributed by atoms with E-state index in [1.54, 1.807) is 12.1 Å². The monoisotopic (exact) mass is 256 g/mol. The molecule has 0 bridgehead atoms. The van der Waals surface area contributed by atoms with Crippen molar-refractivity contribution in [3.63, 3.8) is 0 Å². The number of hydrogen-bond donors (Lipinski definition) is 1. The smallest absolute Gasteiger partial charge is 0.305 e. The largest absolute Gasteiger partial charge is 0.469 e. The lowest BCUT2D eigenvalue weighted by Gasteiger charge is -2.13. The summed E-state index contributed by atoms with van der Waals surface area (Å²) in [6.07, 6.45) is 0.863. The molecule has 0 heterocycles. The Kier molecular flexibility index (Phi) is 5.45. The van der Waals surface area contributed by atoms with Crippen molar-refractivity contribution in [1.82, 2.24) is 0 Å². The average Bonchev–Trinajstić information content (AvgIpc) is 2.31. The van der Waals surface area contributed by atoms with E-state index in [0.717, 1.165) is 11.1 Å². The summed E-state index contributed by atoms with van der Waals surface area (Å²) < 4.78 is 4.54. The van der Waals surface area contributed by atoms with Gasteiger partial charge in [-0.05, 0) is 43.0 Å². The minimum absolute atomic E-state index is 0.250. The Balaban J connectivity index is 2.54. The molecule has 0 saturated heterocycles. The number of methoxy groups -OCH3 is 1. The van der Waals surface area contributed by atoms with E-state index in [4.69, 9.17) is 11.6 Å². The van der Waals surface area contributed by atoms with E-state index in [2.05, 4.69) is 4.74 Å². The van der Waals surface area contributed by atoms with Gasteiger partial charge in [0, 0.05) is 11.4 Å². The zero-order valence-electron chi connectivity index (χ0n) is 10.1. The Bertz CT molecular complexity index is 390. The van der Waals surface area contributed by atoms with Crippen LogP contribution in [0.25, 0.3) is 0 Å². The molecule has 0 aliphatic carbocycles. The molecule has 0 aliphatic rings. The van der Waals surface area contributed by atoms with Crippen molar-refractivity contribution < 1.29 is 14.6 Å². The lowest BCUT2D eigenvalue weighted by Crippen LogP contribution is -2.04. The molecule has 0 radical (unpaired) electrons. The number of halogens is 1. The van der Waals surface area contributed by atoms with Crippen LogP contribution in [0.4, 0.5) is 0 Å². The third-order valence-corrected chi connectivity index (χ3v) is 2.92. The summed E-state index contributed by atoms with van der Waals surface area (Å²) in [4.78, 5) is 10.9. The van der Waals surface area contributed by atoms with Crippen LogP contribution in [0.2, 0.25) is 5.02 Å². The average molecular weight is 257 g/mol. The molecule has 4 heteroatoms. The number of esters is 1. The van der Waals surface area contributed by atoms with Crippen molar-refractivity contribution in [3.05, 3.63) is 34.3 Å². The van der Waals surface area contributed by atoms with Gasteiger partial charge in [-0.3, -0.25) is 4.79 Å². The topological polar surface area (TPSA) is 46.5 Å². The summed E-state index contributed by atoms with van der Waals surface area (Å²) in [6.45, 7) is 1.93. The zero-order valence-corrected chi connectivity index (χ0v) is 10.8. The van der Waals surface area contributed by atoms with Gasteiger partial charge in [-0.25, -0.2) is 0 Å². The van der Waals surface area contributed by atoms with Gasteiger partial charge in [0.25, 0.3) is 0 Å². The number of benzene rings is 1. The van der Waals surface area contributed by atoms with Crippen LogP contribution in [0.1, 0.15) is 36.5 Å². The standard InChI is InChI=1S/C13H17ClO3/c1-9-6-7-10(14)8-11(9)12(15)4-3-5-13(16)17-2/h6-8,12,15H,3-5H2,1-2H3. The zero-order chi connectivity index (χ0) is 12.8. The molecule has 17 heavy (non-hydrogen) atoms. The number of hydrogen-bond acceptors (Lipinski definition) is 3. The van der Waals surface area contributed by atoms with E-state index < -0.39 is 6.10 Å². The van der Waals surface area contributed by atoms with Crippen LogP contribution in [-0.2, 0) is 9.53 Å². The van der Waals surface area contributed by atoms with Crippen LogP contribution in [0, 0.1) is 6.92 Å². The van der Waals surface area contributed by atoms with Crippen LogP contribution < -0.4 is 0 Å². The number of carbonyl (C=O) groups is 1. The quantitative estimate of drug-likeness (QED) is 0.824. The maximum Gasteiger partial charge on any atom is 0.305 e. The lowest BCUT2D eigenvalue weighted by molar-refractivity contribution is -0.140. The highest BCUT2D eigenvalue weighted by Gasteiger charge is 2.11. The molecule has 1 aromatic carbocycles. The van der Waals surface area contributed by atoms with E-state index in [1.807, 2.05) is 13.0 Å². The Morgan fingerprint density at radius 1 is 1.53 bits per heavy atom. The molecule has 1 atom stereocenters. The molecule has 1 unspecified atom stereocenters. The van der Waals surface area contributed by atoms with E-state index in [-0.39, 0.29) is 5.97 Å². The molecule has 1 aromatic rings. The SMILES string of the molecule is COC(=O)CCCC(O)c1cc(Cl)ccc1C. The van der Waals surface area contributed by atoms with E-state index in [9.17, 15) is 9.90 Å². The summed E-state index contributed by atoms with van der Waals surface area (Å²) in [5.41, 5.74) is 1.82. The molecule has 0 spiro atoms. The third kappa shape index (κ3) is 4.36. The van der Waals surface area contributed by atoms with E-state index in [0.29, 0.717) is 24.3 Å². The lowest BCUT2D eigenvalue weighted by atomic mass is 9.99. The summed E-state index contributed by atoms with van der Waals surface area (Å²) >= 11 is 5.88.